The van der Waals surface area contributed by atoms with Crippen LogP contribution in [0.3, 0.4) is 0 Å². The number of amides is 2. The molecule has 5 nitrogen and oxygen atoms in total. The van der Waals surface area contributed by atoms with Crippen molar-refractivity contribution in [3.8, 4) is 11.3 Å². The van der Waals surface area contributed by atoms with Crippen LogP contribution in [0.2, 0.25) is 0 Å². The van der Waals surface area contributed by atoms with Gasteiger partial charge in [-0.2, -0.15) is 0 Å². The minimum absolute atomic E-state index is 0.139. The maximum atomic E-state index is 12.9. The van der Waals surface area contributed by atoms with E-state index in [0.717, 1.165) is 41.5 Å². The van der Waals surface area contributed by atoms with Crippen LogP contribution in [-0.4, -0.2) is 41.3 Å². The minimum Gasteiger partial charge on any atom is -0.350 e. The number of likely N-dealkylation sites (tertiary alicyclic amines) is 1. The molecule has 0 atom stereocenters. The second-order valence-corrected chi connectivity index (χ2v) is 7.03. The summed E-state index contributed by atoms with van der Waals surface area (Å²) in [5.41, 5.74) is 3.14. The molecule has 4 rings (SSSR count). The maximum absolute atomic E-state index is 12.9. The van der Waals surface area contributed by atoms with Crippen molar-refractivity contribution >= 4 is 22.7 Å². The van der Waals surface area contributed by atoms with Gasteiger partial charge in [-0.15, -0.1) is 0 Å². The molecule has 2 amide bonds. The summed E-state index contributed by atoms with van der Waals surface area (Å²) in [4.78, 5) is 31.4. The Hall–Kier alpha value is -3.21. The van der Waals surface area contributed by atoms with Gasteiger partial charge < -0.3 is 10.2 Å². The van der Waals surface area contributed by atoms with Gasteiger partial charge in [-0.05, 0) is 25.0 Å². The monoisotopic (exact) mass is 373 g/mol. The molecule has 5 heteroatoms. The van der Waals surface area contributed by atoms with Crippen LogP contribution in [0, 0.1) is 0 Å². The first-order valence-corrected chi connectivity index (χ1v) is 9.73. The van der Waals surface area contributed by atoms with Crippen molar-refractivity contribution in [2.24, 2.45) is 0 Å². The van der Waals surface area contributed by atoms with E-state index in [4.69, 9.17) is 4.98 Å². The predicted molar refractivity (Wildman–Crippen MR) is 110 cm³/mol. The van der Waals surface area contributed by atoms with E-state index in [-0.39, 0.29) is 11.8 Å². The molecule has 1 aliphatic rings. The van der Waals surface area contributed by atoms with Gasteiger partial charge in [0.25, 0.3) is 5.91 Å². The van der Waals surface area contributed by atoms with E-state index in [1.807, 2.05) is 65.6 Å². The lowest BCUT2D eigenvalue weighted by atomic mass is 10.0. The summed E-state index contributed by atoms with van der Waals surface area (Å²) in [6, 6.07) is 19.4. The number of pyridine rings is 1. The molecule has 2 aromatic carbocycles. The lowest BCUT2D eigenvalue weighted by Crippen LogP contribution is -2.41. The Morgan fingerprint density at radius 3 is 2.64 bits per heavy atom. The summed E-state index contributed by atoms with van der Waals surface area (Å²) in [5.74, 6) is 0.0430. The molecule has 0 bridgehead atoms. The molecule has 1 aromatic heterocycles. The Bertz CT molecular complexity index is 1000. The lowest BCUT2D eigenvalue weighted by molar-refractivity contribution is -0.133. The quantitative estimate of drug-likeness (QED) is 0.743. The zero-order chi connectivity index (χ0) is 19.3. The van der Waals surface area contributed by atoms with E-state index < -0.39 is 0 Å². The van der Waals surface area contributed by atoms with Crippen LogP contribution in [0.25, 0.3) is 22.2 Å². The molecule has 28 heavy (non-hydrogen) atoms. The molecule has 0 radical (unpaired) electrons. The largest absolute Gasteiger partial charge is 0.350 e. The lowest BCUT2D eigenvalue weighted by Gasteiger charge is -2.26. The van der Waals surface area contributed by atoms with Crippen molar-refractivity contribution in [1.29, 1.82) is 0 Å². The summed E-state index contributed by atoms with van der Waals surface area (Å²) >= 11 is 0. The molecule has 2 heterocycles. The number of para-hydroxylation sites is 1. The summed E-state index contributed by atoms with van der Waals surface area (Å²) in [6.07, 6.45) is 2.62. The average molecular weight is 373 g/mol. The number of benzene rings is 2. The summed E-state index contributed by atoms with van der Waals surface area (Å²) in [7, 11) is 0. The Kier molecular flexibility index (Phi) is 5.33. The summed E-state index contributed by atoms with van der Waals surface area (Å²) < 4.78 is 0. The van der Waals surface area contributed by atoms with Crippen molar-refractivity contribution in [2.75, 3.05) is 19.6 Å². The normalized spacial score (nSPS) is 14.3. The highest BCUT2D eigenvalue weighted by Gasteiger charge is 2.18. The Labute approximate surface area is 164 Å². The second kappa shape index (κ2) is 8.21. The van der Waals surface area contributed by atoms with E-state index in [1.54, 1.807) is 0 Å². The SMILES string of the molecule is O=C(NCCN1CCCCC1=O)c1cc(-c2ccccc2)nc2ccccc12. The molecule has 0 spiro atoms. The molecule has 1 fully saturated rings. The van der Waals surface area contributed by atoms with E-state index in [0.29, 0.717) is 25.1 Å². The van der Waals surface area contributed by atoms with Crippen molar-refractivity contribution in [3.05, 3.63) is 66.2 Å². The number of aromatic nitrogens is 1. The van der Waals surface area contributed by atoms with E-state index in [1.165, 1.54) is 0 Å². The number of nitrogens with one attached hydrogen (secondary N) is 1. The van der Waals surface area contributed by atoms with Gasteiger partial charge in [-0.25, -0.2) is 4.98 Å². The summed E-state index contributed by atoms with van der Waals surface area (Å²) in [6.45, 7) is 1.78. The number of hydrogen-bond acceptors (Lipinski definition) is 3. The zero-order valence-electron chi connectivity index (χ0n) is 15.7. The van der Waals surface area contributed by atoms with Crippen LogP contribution in [-0.2, 0) is 4.79 Å². The van der Waals surface area contributed by atoms with Crippen molar-refractivity contribution in [3.63, 3.8) is 0 Å². The predicted octanol–water partition coefficient (Wildman–Crippen LogP) is 3.64. The molecule has 0 unspecified atom stereocenters. The van der Waals surface area contributed by atoms with Crippen LogP contribution >= 0.6 is 0 Å². The first-order chi connectivity index (χ1) is 13.7. The third kappa shape index (κ3) is 3.88. The first-order valence-electron chi connectivity index (χ1n) is 9.73. The Balaban J connectivity index is 1.56. The number of fused-ring (bicyclic) bond motifs is 1. The number of hydrogen-bond donors (Lipinski definition) is 1. The van der Waals surface area contributed by atoms with Gasteiger partial charge in [0, 0.05) is 37.0 Å². The van der Waals surface area contributed by atoms with E-state index in [9.17, 15) is 9.59 Å². The van der Waals surface area contributed by atoms with Crippen molar-refractivity contribution in [2.45, 2.75) is 19.3 Å². The van der Waals surface area contributed by atoms with Gasteiger partial charge in [0.15, 0.2) is 0 Å². The van der Waals surface area contributed by atoms with Crippen LogP contribution in [0.4, 0.5) is 0 Å². The van der Waals surface area contributed by atoms with Crippen LogP contribution < -0.4 is 5.32 Å². The van der Waals surface area contributed by atoms with Crippen molar-refractivity contribution in [1.82, 2.24) is 15.2 Å². The zero-order valence-corrected chi connectivity index (χ0v) is 15.7. The molecule has 0 saturated carbocycles. The maximum Gasteiger partial charge on any atom is 0.252 e. The fourth-order valence-electron chi connectivity index (χ4n) is 3.62. The topological polar surface area (TPSA) is 62.3 Å². The molecule has 142 valence electrons. The van der Waals surface area contributed by atoms with Gasteiger partial charge in [0.1, 0.15) is 0 Å². The highest BCUT2D eigenvalue weighted by molar-refractivity contribution is 6.07. The second-order valence-electron chi connectivity index (χ2n) is 7.03. The minimum atomic E-state index is -0.139. The van der Waals surface area contributed by atoms with E-state index in [2.05, 4.69) is 5.32 Å². The molecule has 1 aliphatic heterocycles. The van der Waals surface area contributed by atoms with E-state index >= 15 is 0 Å². The van der Waals surface area contributed by atoms with Crippen LogP contribution in [0.15, 0.2) is 60.7 Å². The van der Waals surface area contributed by atoms with Crippen molar-refractivity contribution < 1.29 is 9.59 Å². The third-order valence-electron chi connectivity index (χ3n) is 5.12. The molecule has 1 saturated heterocycles. The number of nitrogens with zero attached hydrogens (tertiary/aromatic N) is 2. The van der Waals surface area contributed by atoms with Gasteiger partial charge in [0.05, 0.1) is 16.8 Å². The standard InChI is InChI=1S/C23H23N3O2/c27-22-12-6-7-14-26(22)15-13-24-23(28)19-16-21(17-8-2-1-3-9-17)25-20-11-5-4-10-18(19)20/h1-5,8-11,16H,6-7,12-15H2,(H,24,28). The molecule has 1 N–H and O–H groups in total. The smallest absolute Gasteiger partial charge is 0.252 e. The molecule has 3 aromatic rings. The van der Waals surface area contributed by atoms with Crippen LogP contribution in [0.1, 0.15) is 29.6 Å². The third-order valence-corrected chi connectivity index (χ3v) is 5.12. The fourth-order valence-corrected chi connectivity index (χ4v) is 3.62. The highest BCUT2D eigenvalue weighted by Crippen LogP contribution is 2.24. The number of piperidine rings is 1. The molecular formula is C23H23N3O2. The molecule has 0 aliphatic carbocycles. The van der Waals surface area contributed by atoms with Gasteiger partial charge in [0.2, 0.25) is 5.91 Å². The number of carbonyl (C=O) groups is 2. The summed E-state index contributed by atoms with van der Waals surface area (Å²) in [5, 5.41) is 3.80. The molecular weight excluding hydrogens is 350 g/mol. The van der Waals surface area contributed by atoms with Gasteiger partial charge in [-0.1, -0.05) is 48.5 Å². The van der Waals surface area contributed by atoms with Crippen LogP contribution in [0.5, 0.6) is 0 Å². The Morgan fingerprint density at radius 2 is 1.82 bits per heavy atom. The number of rotatable bonds is 5. The van der Waals surface area contributed by atoms with Gasteiger partial charge >= 0.3 is 0 Å². The number of carbonyl (C=O) groups excluding carboxylic acids is 2. The first kappa shape index (κ1) is 18.2. The Morgan fingerprint density at radius 1 is 1.04 bits per heavy atom. The highest BCUT2D eigenvalue weighted by atomic mass is 16.2. The fraction of sp³-hybridized carbons (Fsp3) is 0.261. The average Bonchev–Trinajstić information content (AvgIpc) is 2.75. The van der Waals surface area contributed by atoms with Gasteiger partial charge in [-0.3, -0.25) is 9.59 Å².